The Labute approximate surface area is 185 Å². The van der Waals surface area contributed by atoms with Gasteiger partial charge in [-0.05, 0) is 37.1 Å². The maximum absolute atomic E-state index is 12.6. The van der Waals surface area contributed by atoms with Gasteiger partial charge in [-0.15, -0.1) is 0 Å². The predicted octanol–water partition coefficient (Wildman–Crippen LogP) is 3.44. The number of nitrogens with one attached hydrogen (secondary N) is 2. The minimum absolute atomic E-state index is 0.290. The number of rotatable bonds is 11. The quantitative estimate of drug-likeness (QED) is 0.237. The number of benzene rings is 2. The number of ether oxygens (including phenoxy) is 3. The number of hydroxylamine groups is 1. The first-order chi connectivity index (χ1) is 15.5. The number of fused-ring (bicyclic) bond motifs is 1. The zero-order valence-electron chi connectivity index (χ0n) is 18.1. The zero-order chi connectivity index (χ0) is 22.9. The van der Waals surface area contributed by atoms with Gasteiger partial charge in [-0.1, -0.05) is 12.8 Å². The summed E-state index contributed by atoms with van der Waals surface area (Å²) in [5, 5.41) is 8.82. The molecule has 3 N–H and O–H groups in total. The fourth-order valence-electron chi connectivity index (χ4n) is 3.32. The third-order valence-corrected chi connectivity index (χ3v) is 5.02. The van der Waals surface area contributed by atoms with Crippen molar-refractivity contribution in [1.29, 1.82) is 0 Å². The third-order valence-electron chi connectivity index (χ3n) is 5.02. The van der Waals surface area contributed by atoms with E-state index in [4.69, 9.17) is 19.4 Å². The summed E-state index contributed by atoms with van der Waals surface area (Å²) in [5.74, 6) is 1.76. The highest BCUT2D eigenvalue weighted by Gasteiger charge is 2.13. The second kappa shape index (κ2) is 11.1. The third kappa shape index (κ3) is 5.76. The molecule has 2 aromatic carbocycles. The largest absolute Gasteiger partial charge is 0.497 e. The maximum atomic E-state index is 12.6. The molecule has 1 heterocycles. The molecule has 9 nitrogen and oxygen atoms in total. The van der Waals surface area contributed by atoms with Crippen LogP contribution in [-0.4, -0.2) is 41.9 Å². The van der Waals surface area contributed by atoms with E-state index in [1.54, 1.807) is 24.7 Å². The summed E-state index contributed by atoms with van der Waals surface area (Å²) in [5.41, 5.74) is 2.57. The fraction of sp³-hybridized carbons (Fsp3) is 0.348. The summed E-state index contributed by atoms with van der Waals surface area (Å²) in [6.45, 7) is 0.566. The molecular formula is C23H27N3O6. The number of unbranched alkanes of at least 4 members (excludes halogenated alkanes) is 3. The molecule has 1 aromatic heterocycles. The summed E-state index contributed by atoms with van der Waals surface area (Å²) < 4.78 is 16.3. The SMILES string of the molecule is COc1cc(OC)c2c(=O)[nH]c(-c3ccc(OCCCCCCC(=O)NO)cc3)nc2c1. The maximum Gasteiger partial charge on any atom is 0.262 e. The molecular weight excluding hydrogens is 414 g/mol. The lowest BCUT2D eigenvalue weighted by molar-refractivity contribution is -0.129. The molecule has 0 atom stereocenters. The number of hydrogen-bond acceptors (Lipinski definition) is 7. The molecule has 0 aliphatic rings. The number of hydrogen-bond donors (Lipinski definition) is 3. The highest BCUT2D eigenvalue weighted by atomic mass is 16.5. The standard InChI is InChI=1S/C23H27N3O6/c1-30-17-13-18-21(19(14-17)31-2)23(28)25-22(24-18)15-8-10-16(11-9-15)32-12-6-4-3-5-7-20(27)26-29/h8-11,13-14,29H,3-7,12H2,1-2H3,(H,26,27)(H,24,25,28). The van der Waals surface area contributed by atoms with Crippen LogP contribution in [0.2, 0.25) is 0 Å². The second-order valence-electron chi connectivity index (χ2n) is 7.21. The Bertz CT molecular complexity index is 1110. The molecule has 32 heavy (non-hydrogen) atoms. The molecule has 0 saturated carbocycles. The van der Waals surface area contributed by atoms with Gasteiger partial charge in [-0.2, -0.15) is 0 Å². The van der Waals surface area contributed by atoms with E-state index in [1.807, 2.05) is 24.3 Å². The number of nitrogens with zero attached hydrogens (tertiary/aromatic N) is 1. The number of methoxy groups -OCH3 is 2. The van der Waals surface area contributed by atoms with Gasteiger partial charge >= 0.3 is 0 Å². The smallest absolute Gasteiger partial charge is 0.262 e. The molecule has 0 bridgehead atoms. The molecule has 0 radical (unpaired) electrons. The van der Waals surface area contributed by atoms with Crippen molar-refractivity contribution in [2.45, 2.75) is 32.1 Å². The predicted molar refractivity (Wildman–Crippen MR) is 119 cm³/mol. The van der Waals surface area contributed by atoms with E-state index < -0.39 is 0 Å². The van der Waals surface area contributed by atoms with Crippen LogP contribution in [0.4, 0.5) is 0 Å². The lowest BCUT2D eigenvalue weighted by Crippen LogP contribution is -2.17. The summed E-state index contributed by atoms with van der Waals surface area (Å²) in [6.07, 6.45) is 3.75. The molecule has 0 unspecified atom stereocenters. The van der Waals surface area contributed by atoms with Crippen molar-refractivity contribution in [2.75, 3.05) is 20.8 Å². The monoisotopic (exact) mass is 441 g/mol. The molecule has 170 valence electrons. The van der Waals surface area contributed by atoms with Gasteiger partial charge in [-0.3, -0.25) is 14.8 Å². The summed E-state index contributed by atoms with van der Waals surface area (Å²) >= 11 is 0. The van der Waals surface area contributed by atoms with Gasteiger partial charge in [-0.25, -0.2) is 10.5 Å². The Balaban J connectivity index is 1.62. The average molecular weight is 441 g/mol. The number of amides is 1. The molecule has 0 fully saturated rings. The molecule has 3 rings (SSSR count). The van der Waals surface area contributed by atoms with E-state index >= 15 is 0 Å². The van der Waals surface area contributed by atoms with Gasteiger partial charge in [0.2, 0.25) is 5.91 Å². The van der Waals surface area contributed by atoms with Gasteiger partial charge in [0, 0.05) is 24.1 Å². The van der Waals surface area contributed by atoms with Crippen LogP contribution >= 0.6 is 0 Å². The highest BCUT2D eigenvalue weighted by molar-refractivity contribution is 5.87. The topological polar surface area (TPSA) is 123 Å². The molecule has 0 aliphatic heterocycles. The van der Waals surface area contributed by atoms with Crippen LogP contribution in [0.25, 0.3) is 22.3 Å². The van der Waals surface area contributed by atoms with E-state index in [9.17, 15) is 9.59 Å². The van der Waals surface area contributed by atoms with Crippen molar-refractivity contribution in [2.24, 2.45) is 0 Å². The summed E-state index contributed by atoms with van der Waals surface area (Å²) in [7, 11) is 3.04. The Kier molecular flexibility index (Phi) is 8.04. The van der Waals surface area contributed by atoms with Gasteiger partial charge in [0.15, 0.2) is 0 Å². The molecule has 0 spiro atoms. The normalized spacial score (nSPS) is 10.7. The molecule has 9 heteroatoms. The first-order valence-electron chi connectivity index (χ1n) is 10.4. The van der Waals surface area contributed by atoms with Crippen LogP contribution < -0.4 is 25.2 Å². The second-order valence-corrected chi connectivity index (χ2v) is 7.21. The Morgan fingerprint density at radius 3 is 2.47 bits per heavy atom. The number of carbonyl (C=O) groups is 1. The van der Waals surface area contributed by atoms with E-state index in [0.717, 1.165) is 37.0 Å². The number of H-pyrrole nitrogens is 1. The van der Waals surface area contributed by atoms with Crippen molar-refractivity contribution in [3.8, 4) is 28.6 Å². The van der Waals surface area contributed by atoms with E-state index in [0.29, 0.717) is 41.3 Å². The van der Waals surface area contributed by atoms with Crippen LogP contribution in [-0.2, 0) is 4.79 Å². The van der Waals surface area contributed by atoms with Crippen LogP contribution in [0, 0.1) is 0 Å². The lowest BCUT2D eigenvalue weighted by Gasteiger charge is -2.10. The van der Waals surface area contributed by atoms with Crippen LogP contribution in [0.1, 0.15) is 32.1 Å². The minimum atomic E-state index is -0.359. The van der Waals surface area contributed by atoms with Crippen LogP contribution in [0.3, 0.4) is 0 Å². The summed E-state index contributed by atoms with van der Waals surface area (Å²) in [4.78, 5) is 31.0. The highest BCUT2D eigenvalue weighted by Crippen LogP contribution is 2.29. The minimum Gasteiger partial charge on any atom is -0.497 e. The number of carbonyl (C=O) groups excluding carboxylic acids is 1. The first kappa shape index (κ1) is 23.1. The van der Waals surface area contributed by atoms with Crippen molar-refractivity contribution in [3.63, 3.8) is 0 Å². The summed E-state index contributed by atoms with van der Waals surface area (Å²) in [6, 6.07) is 10.7. The van der Waals surface area contributed by atoms with Gasteiger partial charge in [0.05, 0.1) is 26.3 Å². The Morgan fingerprint density at radius 2 is 1.78 bits per heavy atom. The fourth-order valence-corrected chi connectivity index (χ4v) is 3.32. The Morgan fingerprint density at radius 1 is 1.03 bits per heavy atom. The first-order valence-corrected chi connectivity index (χ1v) is 10.4. The lowest BCUT2D eigenvalue weighted by atomic mass is 10.1. The molecule has 0 aliphatic carbocycles. The van der Waals surface area contributed by atoms with Crippen molar-refractivity contribution >= 4 is 16.8 Å². The van der Waals surface area contributed by atoms with E-state index in [1.165, 1.54) is 7.11 Å². The zero-order valence-corrected chi connectivity index (χ0v) is 18.1. The van der Waals surface area contributed by atoms with Gasteiger partial charge in [0.1, 0.15) is 28.5 Å². The molecule has 1 amide bonds. The molecule has 3 aromatic rings. The van der Waals surface area contributed by atoms with Gasteiger partial charge in [0.25, 0.3) is 5.56 Å². The van der Waals surface area contributed by atoms with Crippen molar-refractivity contribution < 1.29 is 24.2 Å². The average Bonchev–Trinajstić information content (AvgIpc) is 2.82. The Hall–Kier alpha value is -3.59. The van der Waals surface area contributed by atoms with Gasteiger partial charge < -0.3 is 19.2 Å². The van der Waals surface area contributed by atoms with Crippen molar-refractivity contribution in [1.82, 2.24) is 15.4 Å². The van der Waals surface area contributed by atoms with E-state index in [-0.39, 0.29) is 11.5 Å². The van der Waals surface area contributed by atoms with Crippen molar-refractivity contribution in [3.05, 3.63) is 46.8 Å². The van der Waals surface area contributed by atoms with Crippen LogP contribution in [0.15, 0.2) is 41.2 Å². The number of aromatic nitrogens is 2. The number of aromatic amines is 1. The van der Waals surface area contributed by atoms with E-state index in [2.05, 4.69) is 9.97 Å². The van der Waals surface area contributed by atoms with Crippen LogP contribution in [0.5, 0.6) is 17.2 Å². The molecule has 0 saturated heterocycles.